The van der Waals surface area contributed by atoms with Crippen molar-refractivity contribution in [2.24, 2.45) is 5.92 Å². The standard InChI is InChI=1S/C23H31N5O2/c1-5-20-16(3)22(26-23-24-9-8-15(2)25-23)19-14-18(27-10-12-30-13-11-27)6-7-21(19)28(20)17(4)29/h6-9,14,16,20,22H,5,10-13H2,1-4H3,(H,24,25,26)/t16?,20-,22?/m0/s1. The topological polar surface area (TPSA) is 70.6 Å². The van der Waals surface area contributed by atoms with Crippen molar-refractivity contribution in [3.05, 3.63) is 41.7 Å². The average Bonchev–Trinajstić information content (AvgIpc) is 2.75. The average molecular weight is 410 g/mol. The van der Waals surface area contributed by atoms with Gasteiger partial charge in [-0.1, -0.05) is 13.8 Å². The summed E-state index contributed by atoms with van der Waals surface area (Å²) in [6.07, 6.45) is 2.67. The smallest absolute Gasteiger partial charge is 0.224 e. The molecule has 2 unspecified atom stereocenters. The molecule has 7 heteroatoms. The fraction of sp³-hybridized carbons (Fsp3) is 0.522. The molecule has 0 bridgehead atoms. The number of benzene rings is 1. The molecule has 0 radical (unpaired) electrons. The van der Waals surface area contributed by atoms with Gasteiger partial charge in [0.1, 0.15) is 0 Å². The van der Waals surface area contributed by atoms with Crippen molar-refractivity contribution in [3.8, 4) is 0 Å². The first kappa shape index (κ1) is 20.6. The van der Waals surface area contributed by atoms with Gasteiger partial charge in [-0.05, 0) is 37.6 Å². The Morgan fingerprint density at radius 3 is 2.70 bits per heavy atom. The molecular formula is C23H31N5O2. The Balaban J connectivity index is 1.78. The van der Waals surface area contributed by atoms with Gasteiger partial charge in [-0.25, -0.2) is 9.97 Å². The van der Waals surface area contributed by atoms with E-state index in [-0.39, 0.29) is 23.9 Å². The molecule has 3 heterocycles. The molecule has 30 heavy (non-hydrogen) atoms. The first-order valence-electron chi connectivity index (χ1n) is 10.8. The number of rotatable bonds is 4. The van der Waals surface area contributed by atoms with Gasteiger partial charge in [-0.15, -0.1) is 0 Å². The molecule has 3 atom stereocenters. The lowest BCUT2D eigenvalue weighted by molar-refractivity contribution is -0.117. The van der Waals surface area contributed by atoms with Crippen LogP contribution in [0.3, 0.4) is 0 Å². The number of anilines is 3. The lowest BCUT2D eigenvalue weighted by Gasteiger charge is -2.45. The van der Waals surface area contributed by atoms with Crippen LogP contribution in [0.4, 0.5) is 17.3 Å². The van der Waals surface area contributed by atoms with Gasteiger partial charge in [0.25, 0.3) is 0 Å². The van der Waals surface area contributed by atoms with Crippen LogP contribution in [0.2, 0.25) is 0 Å². The van der Waals surface area contributed by atoms with Crippen molar-refractivity contribution < 1.29 is 9.53 Å². The molecule has 1 aromatic heterocycles. The van der Waals surface area contributed by atoms with Crippen LogP contribution in [0, 0.1) is 12.8 Å². The molecule has 1 aromatic carbocycles. The van der Waals surface area contributed by atoms with E-state index in [1.807, 2.05) is 17.9 Å². The lowest BCUT2D eigenvalue weighted by Crippen LogP contribution is -2.50. The van der Waals surface area contributed by atoms with Crippen LogP contribution in [0.15, 0.2) is 30.5 Å². The van der Waals surface area contributed by atoms with Crippen molar-refractivity contribution in [1.82, 2.24) is 9.97 Å². The maximum atomic E-state index is 12.6. The normalized spacial score (nSPS) is 23.8. The van der Waals surface area contributed by atoms with Crippen LogP contribution in [0.1, 0.15) is 44.5 Å². The number of carbonyl (C=O) groups is 1. The maximum Gasteiger partial charge on any atom is 0.224 e. The molecule has 2 aromatic rings. The Morgan fingerprint density at radius 1 is 1.27 bits per heavy atom. The van der Waals surface area contributed by atoms with E-state index in [2.05, 4.69) is 52.2 Å². The van der Waals surface area contributed by atoms with Gasteiger partial charge >= 0.3 is 0 Å². The van der Waals surface area contributed by atoms with Crippen molar-refractivity contribution >= 4 is 23.2 Å². The van der Waals surface area contributed by atoms with E-state index in [1.165, 1.54) is 5.69 Å². The SMILES string of the molecule is CC[C@H]1C(C)C(Nc2nccc(C)n2)c2cc(N3CCOCC3)ccc2N1C(C)=O. The number of fused-ring (bicyclic) bond motifs is 1. The van der Waals surface area contributed by atoms with Gasteiger partial charge in [0.15, 0.2) is 0 Å². The van der Waals surface area contributed by atoms with Crippen LogP contribution in [-0.4, -0.2) is 48.2 Å². The number of amides is 1. The molecule has 0 spiro atoms. The van der Waals surface area contributed by atoms with Gasteiger partial charge in [0, 0.05) is 60.8 Å². The molecule has 1 amide bonds. The maximum absolute atomic E-state index is 12.6. The zero-order valence-corrected chi connectivity index (χ0v) is 18.3. The third-order valence-electron chi connectivity index (χ3n) is 6.28. The minimum Gasteiger partial charge on any atom is -0.378 e. The molecule has 2 aliphatic rings. The summed E-state index contributed by atoms with van der Waals surface area (Å²) >= 11 is 0. The Bertz CT molecular complexity index is 912. The van der Waals surface area contributed by atoms with E-state index >= 15 is 0 Å². The number of nitrogens with one attached hydrogen (secondary N) is 1. The Kier molecular flexibility index (Phi) is 5.90. The highest BCUT2D eigenvalue weighted by atomic mass is 16.5. The molecule has 0 saturated carbocycles. The predicted molar refractivity (Wildman–Crippen MR) is 119 cm³/mol. The summed E-state index contributed by atoms with van der Waals surface area (Å²) in [6.45, 7) is 11.2. The highest BCUT2D eigenvalue weighted by Crippen LogP contribution is 2.44. The minimum atomic E-state index is 0.0170. The molecule has 0 aliphatic carbocycles. The summed E-state index contributed by atoms with van der Waals surface area (Å²) < 4.78 is 5.52. The van der Waals surface area contributed by atoms with E-state index in [0.29, 0.717) is 5.95 Å². The van der Waals surface area contributed by atoms with Crippen LogP contribution in [0.5, 0.6) is 0 Å². The number of aromatic nitrogens is 2. The van der Waals surface area contributed by atoms with Crippen LogP contribution < -0.4 is 15.1 Å². The van der Waals surface area contributed by atoms with Crippen LogP contribution in [-0.2, 0) is 9.53 Å². The Labute approximate surface area is 178 Å². The van der Waals surface area contributed by atoms with Crippen LogP contribution in [0.25, 0.3) is 0 Å². The molecule has 2 aliphatic heterocycles. The van der Waals surface area contributed by atoms with Crippen molar-refractivity contribution in [2.75, 3.05) is 41.4 Å². The van der Waals surface area contributed by atoms with Gasteiger partial charge < -0.3 is 19.9 Å². The van der Waals surface area contributed by atoms with E-state index < -0.39 is 0 Å². The third kappa shape index (κ3) is 3.86. The first-order valence-corrected chi connectivity index (χ1v) is 10.8. The lowest BCUT2D eigenvalue weighted by atomic mass is 9.80. The van der Waals surface area contributed by atoms with E-state index in [4.69, 9.17) is 4.74 Å². The fourth-order valence-electron chi connectivity index (χ4n) is 4.77. The second kappa shape index (κ2) is 8.60. The van der Waals surface area contributed by atoms with E-state index in [0.717, 1.165) is 49.7 Å². The number of hydrogen-bond donors (Lipinski definition) is 1. The van der Waals surface area contributed by atoms with Gasteiger partial charge in [0.05, 0.1) is 19.3 Å². The number of ether oxygens (including phenoxy) is 1. The number of morpholine rings is 1. The van der Waals surface area contributed by atoms with Gasteiger partial charge in [-0.2, -0.15) is 0 Å². The van der Waals surface area contributed by atoms with Crippen molar-refractivity contribution in [3.63, 3.8) is 0 Å². The van der Waals surface area contributed by atoms with Gasteiger partial charge in [0.2, 0.25) is 11.9 Å². The number of hydrogen-bond acceptors (Lipinski definition) is 6. The zero-order valence-electron chi connectivity index (χ0n) is 18.3. The molecule has 7 nitrogen and oxygen atoms in total. The van der Waals surface area contributed by atoms with Crippen LogP contribution >= 0.6 is 0 Å². The highest BCUT2D eigenvalue weighted by Gasteiger charge is 2.40. The summed E-state index contributed by atoms with van der Waals surface area (Å²) in [6, 6.07) is 8.48. The minimum absolute atomic E-state index is 0.0170. The second-order valence-corrected chi connectivity index (χ2v) is 8.21. The second-order valence-electron chi connectivity index (χ2n) is 8.21. The first-order chi connectivity index (χ1) is 14.5. The summed E-state index contributed by atoms with van der Waals surface area (Å²) in [5.74, 6) is 0.912. The number of aryl methyl sites for hydroxylation is 1. The highest BCUT2D eigenvalue weighted by molar-refractivity contribution is 5.94. The van der Waals surface area contributed by atoms with Crippen molar-refractivity contribution in [2.45, 2.75) is 46.2 Å². The summed E-state index contributed by atoms with van der Waals surface area (Å²) in [5.41, 5.74) is 4.20. The molecule has 160 valence electrons. The van der Waals surface area contributed by atoms with Gasteiger partial charge in [-0.3, -0.25) is 4.79 Å². The number of carbonyl (C=O) groups excluding carboxylic acids is 1. The Hall–Kier alpha value is -2.67. The quantitative estimate of drug-likeness (QED) is 0.833. The molecule has 4 rings (SSSR count). The molecule has 1 saturated heterocycles. The third-order valence-corrected chi connectivity index (χ3v) is 6.28. The molecule has 1 fully saturated rings. The molecule has 1 N–H and O–H groups in total. The largest absolute Gasteiger partial charge is 0.378 e. The summed E-state index contributed by atoms with van der Waals surface area (Å²) in [4.78, 5) is 25.9. The van der Waals surface area contributed by atoms with E-state index in [1.54, 1.807) is 13.1 Å². The Morgan fingerprint density at radius 2 is 2.03 bits per heavy atom. The number of nitrogens with zero attached hydrogens (tertiary/aromatic N) is 4. The summed E-state index contributed by atoms with van der Waals surface area (Å²) in [7, 11) is 0. The zero-order chi connectivity index (χ0) is 21.3. The molecular weight excluding hydrogens is 378 g/mol. The van der Waals surface area contributed by atoms with E-state index in [9.17, 15) is 4.79 Å². The summed E-state index contributed by atoms with van der Waals surface area (Å²) in [5, 5.41) is 3.58. The fourth-order valence-corrected chi connectivity index (χ4v) is 4.77. The van der Waals surface area contributed by atoms with Crippen molar-refractivity contribution in [1.29, 1.82) is 0 Å². The predicted octanol–water partition coefficient (Wildman–Crippen LogP) is 3.56. The monoisotopic (exact) mass is 409 g/mol.